The number of carbonyl (C=O) groups excluding carboxylic acids is 2. The molecule has 196 valence electrons. The van der Waals surface area contributed by atoms with Crippen LogP contribution in [0.1, 0.15) is 53.2 Å². The number of aromatic nitrogens is 3. The van der Waals surface area contributed by atoms with Gasteiger partial charge in [-0.15, -0.1) is 0 Å². The molecular formula is C28H32N8O2. The van der Waals surface area contributed by atoms with Gasteiger partial charge < -0.3 is 21.3 Å². The second kappa shape index (κ2) is 12.1. The normalized spacial score (nSPS) is 15.0. The zero-order valence-corrected chi connectivity index (χ0v) is 21.4. The number of carbonyl (C=O) groups is 2. The van der Waals surface area contributed by atoms with Crippen LogP contribution in [-0.2, 0) is 11.2 Å². The largest absolute Gasteiger partial charge is 0.383 e. The first-order chi connectivity index (χ1) is 18.4. The maximum absolute atomic E-state index is 12.8. The SMILES string of the molecule is C=CC(=O)N1CCCC(Nc2ncnc(N)c2C(=N)c2ccc(C(=O)Nc3cc(CCC)ccn3)cc2)C1. The molecule has 2 amide bonds. The van der Waals surface area contributed by atoms with Crippen LogP contribution in [0.15, 0.2) is 61.6 Å². The molecule has 0 radical (unpaired) electrons. The summed E-state index contributed by atoms with van der Waals surface area (Å²) in [5.41, 5.74) is 8.78. The van der Waals surface area contributed by atoms with Crippen molar-refractivity contribution in [1.29, 1.82) is 5.41 Å². The van der Waals surface area contributed by atoms with Gasteiger partial charge in [0.1, 0.15) is 23.8 Å². The van der Waals surface area contributed by atoms with E-state index in [1.165, 1.54) is 12.4 Å². The fraction of sp³-hybridized carbons (Fsp3) is 0.286. The van der Waals surface area contributed by atoms with Gasteiger partial charge in [-0.3, -0.25) is 15.0 Å². The standard InChI is InChI=1S/C28H32N8O2/c1-3-6-18-12-13-31-22(15-18)35-28(38)20-10-8-19(9-11-20)25(29)24-26(30)32-17-33-27(24)34-21-7-5-14-36(16-21)23(37)4-2/h4,8-13,15,17,21,29H,2-3,5-7,14,16H2,1H3,(H,31,35,38)(H3,30,32,33,34). The van der Waals surface area contributed by atoms with Gasteiger partial charge in [0.05, 0.1) is 11.3 Å². The predicted octanol–water partition coefficient (Wildman–Crippen LogP) is 3.66. The number of piperidine rings is 1. The number of anilines is 3. The Bertz CT molecular complexity index is 1340. The number of nitrogen functional groups attached to an aromatic ring is 1. The Hall–Kier alpha value is -4.60. The van der Waals surface area contributed by atoms with Gasteiger partial charge in [-0.2, -0.15) is 0 Å². The van der Waals surface area contributed by atoms with E-state index in [0.717, 1.165) is 31.2 Å². The van der Waals surface area contributed by atoms with Crippen molar-refractivity contribution < 1.29 is 9.59 Å². The molecule has 10 heteroatoms. The number of hydrogen-bond donors (Lipinski definition) is 4. The molecule has 5 N–H and O–H groups in total. The molecule has 1 aliphatic rings. The van der Waals surface area contributed by atoms with Gasteiger partial charge in [-0.1, -0.05) is 32.1 Å². The number of nitrogens with zero attached hydrogens (tertiary/aromatic N) is 4. The second-order valence-corrected chi connectivity index (χ2v) is 9.16. The average molecular weight is 513 g/mol. The highest BCUT2D eigenvalue weighted by atomic mass is 16.2. The van der Waals surface area contributed by atoms with Gasteiger partial charge in [0.25, 0.3) is 5.91 Å². The summed E-state index contributed by atoms with van der Waals surface area (Å²) in [6.45, 7) is 6.85. The summed E-state index contributed by atoms with van der Waals surface area (Å²) in [7, 11) is 0. The Morgan fingerprint density at radius 1 is 1.18 bits per heavy atom. The topological polar surface area (TPSA) is 150 Å². The molecule has 0 bridgehead atoms. The Balaban J connectivity index is 1.48. The lowest BCUT2D eigenvalue weighted by Crippen LogP contribution is -2.44. The quantitative estimate of drug-likeness (QED) is 0.252. The molecule has 4 rings (SSSR count). The van der Waals surface area contributed by atoms with Gasteiger partial charge in [0.2, 0.25) is 5.91 Å². The van der Waals surface area contributed by atoms with Crippen LogP contribution in [0.25, 0.3) is 0 Å². The number of nitrogens with two attached hydrogens (primary N) is 1. The van der Waals surface area contributed by atoms with Crippen molar-refractivity contribution in [2.24, 2.45) is 0 Å². The molecule has 2 aromatic heterocycles. The van der Waals surface area contributed by atoms with Crippen molar-refractivity contribution >= 4 is 35.0 Å². The summed E-state index contributed by atoms with van der Waals surface area (Å²) >= 11 is 0. The van der Waals surface area contributed by atoms with Crippen molar-refractivity contribution in [3.8, 4) is 0 Å². The summed E-state index contributed by atoms with van der Waals surface area (Å²) < 4.78 is 0. The molecule has 0 saturated carbocycles. The van der Waals surface area contributed by atoms with E-state index in [0.29, 0.717) is 41.4 Å². The molecule has 3 heterocycles. The highest BCUT2D eigenvalue weighted by molar-refractivity contribution is 6.16. The summed E-state index contributed by atoms with van der Waals surface area (Å²) in [6, 6.07) is 10.5. The second-order valence-electron chi connectivity index (χ2n) is 9.16. The Kier molecular flexibility index (Phi) is 8.42. The third-order valence-electron chi connectivity index (χ3n) is 6.42. The Morgan fingerprint density at radius 2 is 1.95 bits per heavy atom. The first kappa shape index (κ1) is 26.5. The van der Waals surface area contributed by atoms with Gasteiger partial charge in [-0.25, -0.2) is 15.0 Å². The maximum Gasteiger partial charge on any atom is 0.256 e. The van der Waals surface area contributed by atoms with Crippen LogP contribution in [0.2, 0.25) is 0 Å². The van der Waals surface area contributed by atoms with Crippen LogP contribution in [-0.4, -0.2) is 56.5 Å². The number of hydrogen-bond acceptors (Lipinski definition) is 8. The fourth-order valence-electron chi connectivity index (χ4n) is 4.48. The number of amides is 2. The Labute approximate surface area is 221 Å². The fourth-order valence-corrected chi connectivity index (χ4v) is 4.48. The first-order valence-corrected chi connectivity index (χ1v) is 12.6. The monoisotopic (exact) mass is 512 g/mol. The molecule has 10 nitrogen and oxygen atoms in total. The van der Waals surface area contributed by atoms with E-state index < -0.39 is 0 Å². The third kappa shape index (κ3) is 6.20. The van der Waals surface area contributed by atoms with Crippen LogP contribution >= 0.6 is 0 Å². The smallest absolute Gasteiger partial charge is 0.256 e. The molecule has 1 aliphatic heterocycles. The van der Waals surface area contributed by atoms with E-state index in [-0.39, 0.29) is 29.4 Å². The zero-order chi connectivity index (χ0) is 27.1. The molecule has 1 saturated heterocycles. The van der Waals surface area contributed by atoms with Crippen LogP contribution in [0, 0.1) is 5.41 Å². The lowest BCUT2D eigenvalue weighted by atomic mass is 10.0. The number of pyridine rings is 1. The van der Waals surface area contributed by atoms with Crippen molar-refractivity contribution in [2.75, 3.05) is 29.5 Å². The third-order valence-corrected chi connectivity index (χ3v) is 6.42. The lowest BCUT2D eigenvalue weighted by Gasteiger charge is -2.33. The van der Waals surface area contributed by atoms with Crippen LogP contribution in [0.4, 0.5) is 17.5 Å². The summed E-state index contributed by atoms with van der Waals surface area (Å²) in [4.78, 5) is 39.2. The number of nitrogens with one attached hydrogen (secondary N) is 3. The highest BCUT2D eigenvalue weighted by Gasteiger charge is 2.25. The van der Waals surface area contributed by atoms with E-state index in [4.69, 9.17) is 11.1 Å². The van der Waals surface area contributed by atoms with Gasteiger partial charge in [0.15, 0.2) is 0 Å². The van der Waals surface area contributed by atoms with E-state index in [9.17, 15) is 9.59 Å². The van der Waals surface area contributed by atoms with E-state index in [1.807, 2.05) is 12.1 Å². The maximum atomic E-state index is 12.8. The minimum absolute atomic E-state index is 0.0518. The van der Waals surface area contributed by atoms with E-state index in [1.54, 1.807) is 35.4 Å². The van der Waals surface area contributed by atoms with Crippen LogP contribution in [0.3, 0.4) is 0 Å². The van der Waals surface area contributed by atoms with Crippen LogP contribution < -0.4 is 16.4 Å². The van der Waals surface area contributed by atoms with E-state index >= 15 is 0 Å². The van der Waals surface area contributed by atoms with Crippen molar-refractivity contribution in [3.63, 3.8) is 0 Å². The van der Waals surface area contributed by atoms with Crippen molar-refractivity contribution in [3.05, 3.63) is 83.8 Å². The van der Waals surface area contributed by atoms with Gasteiger partial charge >= 0.3 is 0 Å². The molecule has 38 heavy (non-hydrogen) atoms. The predicted molar refractivity (Wildman–Crippen MR) is 148 cm³/mol. The van der Waals surface area contributed by atoms with E-state index in [2.05, 4.69) is 39.1 Å². The molecule has 1 unspecified atom stereocenters. The average Bonchev–Trinajstić information content (AvgIpc) is 2.93. The number of likely N-dealkylation sites (tertiary alicyclic amines) is 1. The molecule has 0 spiro atoms. The summed E-state index contributed by atoms with van der Waals surface area (Å²) in [5, 5.41) is 15.0. The van der Waals surface area contributed by atoms with Gasteiger partial charge in [0, 0.05) is 36.5 Å². The zero-order valence-electron chi connectivity index (χ0n) is 21.4. The molecule has 1 atom stereocenters. The van der Waals surface area contributed by atoms with Crippen LogP contribution in [0.5, 0.6) is 0 Å². The minimum atomic E-state index is -0.287. The molecule has 0 aliphatic carbocycles. The molecule has 3 aromatic rings. The molecular weight excluding hydrogens is 480 g/mol. The molecule has 1 aromatic carbocycles. The number of rotatable bonds is 9. The van der Waals surface area contributed by atoms with Crippen molar-refractivity contribution in [1.82, 2.24) is 19.9 Å². The Morgan fingerprint density at radius 3 is 2.68 bits per heavy atom. The first-order valence-electron chi connectivity index (χ1n) is 12.6. The highest BCUT2D eigenvalue weighted by Crippen LogP contribution is 2.24. The molecule has 1 fully saturated rings. The lowest BCUT2D eigenvalue weighted by molar-refractivity contribution is -0.127. The number of benzene rings is 1. The summed E-state index contributed by atoms with van der Waals surface area (Å²) in [6.07, 6.45) is 7.96. The summed E-state index contributed by atoms with van der Waals surface area (Å²) in [5.74, 6) is 0.700. The van der Waals surface area contributed by atoms with Gasteiger partial charge in [-0.05, 0) is 55.2 Å². The number of aryl methyl sites for hydroxylation is 1. The van der Waals surface area contributed by atoms with Crippen molar-refractivity contribution in [2.45, 2.75) is 38.6 Å². The minimum Gasteiger partial charge on any atom is -0.383 e.